The van der Waals surface area contributed by atoms with Gasteiger partial charge in [-0.1, -0.05) is 35.9 Å². The van der Waals surface area contributed by atoms with Crippen LogP contribution < -0.4 is 10.9 Å². The second-order valence-corrected chi connectivity index (χ2v) is 15.0. The molecule has 0 aliphatic heterocycles. The average Bonchev–Trinajstić information content (AvgIpc) is 3.87. The smallest absolute Gasteiger partial charge is 0.464 e. The predicted molar refractivity (Wildman–Crippen MR) is 255 cm³/mol. The van der Waals surface area contributed by atoms with Gasteiger partial charge in [0.25, 0.3) is 5.91 Å². The molecule has 8 aromatic rings. The van der Waals surface area contributed by atoms with Crippen LogP contribution >= 0.6 is 11.6 Å². The molecule has 0 atom stereocenters. The van der Waals surface area contributed by atoms with E-state index >= 15 is 0 Å². The molecule has 8 aromatic heterocycles. The molecule has 0 saturated carbocycles. The van der Waals surface area contributed by atoms with Gasteiger partial charge >= 0.3 is 19.1 Å². The minimum atomic E-state index is -1.45. The van der Waals surface area contributed by atoms with E-state index < -0.39 is 19.1 Å². The van der Waals surface area contributed by atoms with Gasteiger partial charge < -0.3 is 24.8 Å². The van der Waals surface area contributed by atoms with Crippen molar-refractivity contribution in [2.45, 2.75) is 40.7 Å². The van der Waals surface area contributed by atoms with Crippen LogP contribution in [0, 0.1) is 20.8 Å². The van der Waals surface area contributed by atoms with E-state index in [1.54, 1.807) is 90.4 Å². The topological polar surface area (TPSA) is 256 Å². The fraction of sp³-hybridized carbons (Fsp3) is 0.170. The Hall–Kier alpha value is -8.20. The number of nitrogens with zero attached hydrogens (tertiary/aromatic N) is 11. The Balaban J connectivity index is 0.000000191. The monoisotopic (exact) mass is 936 g/mol. The van der Waals surface area contributed by atoms with Gasteiger partial charge in [-0.15, -0.1) is 5.10 Å². The van der Waals surface area contributed by atoms with Crippen LogP contribution in [0.2, 0.25) is 5.02 Å². The number of methoxy groups -OCH3 is 2. The lowest BCUT2D eigenvalue weighted by molar-refractivity contribution is 0.0585. The normalized spacial score (nSPS) is 10.2. The molecule has 0 fully saturated rings. The molecule has 21 heteroatoms. The molecular weight excluding hydrogens is 891 g/mol. The summed E-state index contributed by atoms with van der Waals surface area (Å²) in [5, 5.41) is 32.1. The van der Waals surface area contributed by atoms with Crippen LogP contribution in [-0.2, 0) is 9.47 Å². The van der Waals surface area contributed by atoms with E-state index in [9.17, 15) is 14.4 Å². The third kappa shape index (κ3) is 14.2. The summed E-state index contributed by atoms with van der Waals surface area (Å²) in [6, 6.07) is 22.9. The average molecular weight is 937 g/mol. The van der Waals surface area contributed by atoms with Crippen molar-refractivity contribution < 1.29 is 33.9 Å². The molecule has 3 N–H and O–H groups in total. The van der Waals surface area contributed by atoms with Crippen molar-refractivity contribution in [2.75, 3.05) is 19.5 Å². The van der Waals surface area contributed by atoms with E-state index in [0.717, 1.165) is 38.9 Å². The first kappa shape index (κ1) is 50.8. The summed E-state index contributed by atoms with van der Waals surface area (Å²) in [6.07, 6.45) is 13.3. The van der Waals surface area contributed by atoms with Crippen molar-refractivity contribution >= 4 is 48.0 Å². The summed E-state index contributed by atoms with van der Waals surface area (Å²) in [7, 11) is 1.19. The molecular formula is C47H46BClN12O7. The van der Waals surface area contributed by atoms with Crippen LogP contribution in [0.3, 0.4) is 0 Å². The second kappa shape index (κ2) is 24.9. The van der Waals surface area contributed by atoms with E-state index in [0.29, 0.717) is 33.7 Å². The molecule has 1 amide bonds. The van der Waals surface area contributed by atoms with Crippen LogP contribution in [0.15, 0.2) is 128 Å². The Morgan fingerprint density at radius 1 is 0.676 bits per heavy atom. The standard InChI is InChI=1S/C21H20N8O.C13H12N2O2.C8H8ClNO2.C5H6BNO2/c1-13(2)29-20(26-27-28-29)17-7-4-8-19(24-17)25-21(30)18-10-16(14(3)11-23-18)15-6-5-9-22-12-15;1-9-7-15-12(13(16)17-2)6-11(9)10-4-3-5-14-8-10;1-5-4-10-7(3-6(5)9)8(11)12-2;8-6(9)5-3-1-2-4-7-5/h4-13H,1-3H3,(H,24,25,30);3-8H,1-2H3;3-4H,1-2H3;1-4,8-9H. The highest BCUT2D eigenvalue weighted by Crippen LogP contribution is 2.25. The number of hydrogen-bond acceptors (Lipinski definition) is 17. The summed E-state index contributed by atoms with van der Waals surface area (Å²) in [5.74, 6) is -0.338. The Morgan fingerprint density at radius 2 is 1.25 bits per heavy atom. The van der Waals surface area contributed by atoms with Gasteiger partial charge in [0, 0.05) is 65.7 Å². The Labute approximate surface area is 396 Å². The third-order valence-electron chi connectivity index (χ3n) is 9.36. The van der Waals surface area contributed by atoms with Crippen molar-refractivity contribution in [2.24, 2.45) is 0 Å². The Kier molecular flexibility index (Phi) is 18.6. The van der Waals surface area contributed by atoms with E-state index in [1.807, 2.05) is 58.9 Å². The summed E-state index contributed by atoms with van der Waals surface area (Å²) in [5.41, 5.74) is 8.18. The van der Waals surface area contributed by atoms with Crippen molar-refractivity contribution in [3.05, 3.63) is 167 Å². The van der Waals surface area contributed by atoms with Gasteiger partial charge in [-0.05, 0) is 127 Å². The number of halogens is 1. The quantitative estimate of drug-likeness (QED) is 0.108. The first-order valence-corrected chi connectivity index (χ1v) is 20.9. The molecule has 0 radical (unpaired) electrons. The van der Waals surface area contributed by atoms with Gasteiger partial charge in [-0.25, -0.2) is 29.2 Å². The maximum atomic E-state index is 12.8. The van der Waals surface area contributed by atoms with Crippen molar-refractivity contribution in [3.8, 4) is 33.8 Å². The van der Waals surface area contributed by atoms with Gasteiger partial charge in [0.15, 0.2) is 0 Å². The van der Waals surface area contributed by atoms with E-state index in [1.165, 1.54) is 32.7 Å². The number of esters is 2. The summed E-state index contributed by atoms with van der Waals surface area (Å²) in [4.78, 5) is 63.7. The van der Waals surface area contributed by atoms with Crippen LogP contribution in [-0.4, -0.2) is 104 Å². The van der Waals surface area contributed by atoms with Gasteiger partial charge in [-0.3, -0.25) is 24.7 Å². The molecule has 0 aliphatic rings. The zero-order valence-corrected chi connectivity index (χ0v) is 38.8. The van der Waals surface area contributed by atoms with E-state index in [2.05, 4.69) is 65.2 Å². The summed E-state index contributed by atoms with van der Waals surface area (Å²) >= 11 is 5.77. The zero-order valence-electron chi connectivity index (χ0n) is 38.0. The molecule has 19 nitrogen and oxygen atoms in total. The number of aromatic nitrogens is 11. The predicted octanol–water partition coefficient (Wildman–Crippen LogP) is 6.16. The maximum Gasteiger partial charge on any atom is 0.508 e. The first-order chi connectivity index (χ1) is 32.7. The van der Waals surface area contributed by atoms with Gasteiger partial charge in [0.05, 0.1) is 25.9 Å². The number of anilines is 1. The lowest BCUT2D eigenvalue weighted by atomic mass is 9.86. The fourth-order valence-corrected chi connectivity index (χ4v) is 5.97. The molecule has 8 heterocycles. The Bertz CT molecular complexity index is 2930. The second-order valence-electron chi connectivity index (χ2n) is 14.6. The van der Waals surface area contributed by atoms with Gasteiger partial charge in [0.2, 0.25) is 5.82 Å². The van der Waals surface area contributed by atoms with Gasteiger partial charge in [-0.2, -0.15) is 0 Å². The minimum absolute atomic E-state index is 0.0812. The Morgan fingerprint density at radius 3 is 1.75 bits per heavy atom. The number of amides is 1. The van der Waals surface area contributed by atoms with Crippen LogP contribution in [0.1, 0.15) is 68.0 Å². The number of rotatable bonds is 9. The molecule has 0 saturated heterocycles. The molecule has 0 spiro atoms. The fourth-order valence-electron chi connectivity index (χ4n) is 5.82. The molecule has 68 heavy (non-hydrogen) atoms. The summed E-state index contributed by atoms with van der Waals surface area (Å²) < 4.78 is 10.8. The number of aryl methyl sites for hydroxylation is 3. The highest BCUT2D eigenvalue weighted by Gasteiger charge is 2.17. The lowest BCUT2D eigenvalue weighted by Gasteiger charge is -2.10. The largest absolute Gasteiger partial charge is 0.508 e. The lowest BCUT2D eigenvalue weighted by Crippen LogP contribution is -2.31. The van der Waals surface area contributed by atoms with Crippen LogP contribution in [0.4, 0.5) is 5.82 Å². The van der Waals surface area contributed by atoms with Crippen molar-refractivity contribution in [3.63, 3.8) is 0 Å². The SMILES string of the molecule is COC(=O)c1cc(-c2cccnc2)c(C)cn1.COC(=O)c1cc(Cl)c(C)cn1.Cc1cnc(C(=O)Nc2cccc(-c3nnnn3C(C)C)n2)cc1-c1cccnc1.OB(O)c1ccccn1. The number of pyridine rings is 7. The number of nitrogens with one attached hydrogen (secondary N) is 1. The molecule has 0 bridgehead atoms. The number of tetrazole rings is 1. The molecule has 0 aromatic carbocycles. The van der Waals surface area contributed by atoms with Crippen LogP contribution in [0.5, 0.6) is 0 Å². The molecule has 0 unspecified atom stereocenters. The number of ether oxygens (including phenoxy) is 2. The molecule has 8 rings (SSSR count). The van der Waals surface area contributed by atoms with Crippen molar-refractivity contribution in [1.82, 2.24) is 55.1 Å². The number of hydrogen-bond donors (Lipinski definition) is 3. The van der Waals surface area contributed by atoms with E-state index in [4.69, 9.17) is 21.6 Å². The van der Waals surface area contributed by atoms with Gasteiger partial charge in [0.1, 0.15) is 28.6 Å². The zero-order chi connectivity index (χ0) is 49.2. The minimum Gasteiger partial charge on any atom is -0.464 e. The van der Waals surface area contributed by atoms with Crippen molar-refractivity contribution in [1.29, 1.82) is 0 Å². The molecule has 0 aliphatic carbocycles. The molecule has 346 valence electrons. The van der Waals surface area contributed by atoms with E-state index in [-0.39, 0.29) is 23.2 Å². The maximum absolute atomic E-state index is 12.8. The number of carbonyl (C=O) groups excluding carboxylic acids is 3. The van der Waals surface area contributed by atoms with Crippen LogP contribution in [0.25, 0.3) is 33.8 Å². The first-order valence-electron chi connectivity index (χ1n) is 20.6. The number of carbonyl (C=O) groups is 3. The highest BCUT2D eigenvalue weighted by atomic mass is 35.5. The third-order valence-corrected chi connectivity index (χ3v) is 9.77. The highest BCUT2D eigenvalue weighted by molar-refractivity contribution is 6.57. The summed E-state index contributed by atoms with van der Waals surface area (Å²) in [6.45, 7) is 9.66.